The molecule has 26 heavy (non-hydrogen) atoms. The second-order valence-electron chi connectivity index (χ2n) is 7.03. The normalized spacial score (nSPS) is 13.1. The van der Waals surface area contributed by atoms with Crippen molar-refractivity contribution in [1.82, 2.24) is 5.32 Å². The van der Waals surface area contributed by atoms with Crippen molar-refractivity contribution in [3.8, 4) is 0 Å². The van der Waals surface area contributed by atoms with Crippen LogP contribution in [0, 0.1) is 17.8 Å². The molecule has 0 bridgehead atoms. The predicted molar refractivity (Wildman–Crippen MR) is 99.8 cm³/mol. The van der Waals surface area contributed by atoms with Crippen LogP contribution in [-0.4, -0.2) is 24.7 Å². The van der Waals surface area contributed by atoms with Crippen LogP contribution >= 0.6 is 0 Å². The van der Waals surface area contributed by atoms with Gasteiger partial charge in [-0.25, -0.2) is 0 Å². The summed E-state index contributed by atoms with van der Waals surface area (Å²) >= 11 is 0. The molecule has 2 unspecified atom stereocenters. The number of amides is 1. The third-order valence-corrected chi connectivity index (χ3v) is 4.44. The average Bonchev–Trinajstić information content (AvgIpc) is 2.63. The van der Waals surface area contributed by atoms with E-state index >= 15 is 0 Å². The van der Waals surface area contributed by atoms with Crippen molar-refractivity contribution in [1.29, 1.82) is 0 Å². The van der Waals surface area contributed by atoms with E-state index in [1.54, 1.807) is 7.05 Å². The van der Waals surface area contributed by atoms with Gasteiger partial charge in [-0.05, 0) is 30.7 Å². The van der Waals surface area contributed by atoms with Gasteiger partial charge in [0.2, 0.25) is 5.91 Å². The fourth-order valence-corrected chi connectivity index (χ4v) is 3.07. The van der Waals surface area contributed by atoms with E-state index < -0.39 is 17.8 Å². The van der Waals surface area contributed by atoms with Gasteiger partial charge in [-0.2, -0.15) is 5.90 Å². The number of benzene rings is 1. The minimum Gasteiger partial charge on any atom is -0.373 e. The van der Waals surface area contributed by atoms with E-state index in [1.807, 2.05) is 44.2 Å². The zero-order valence-electron chi connectivity index (χ0n) is 15.9. The second kappa shape index (κ2) is 11.4. The summed E-state index contributed by atoms with van der Waals surface area (Å²) in [5, 5.41) is 2.64. The number of nitrogens with one attached hydrogen (secondary N) is 1. The molecule has 1 aromatic rings. The Morgan fingerprint density at radius 2 is 1.73 bits per heavy atom. The summed E-state index contributed by atoms with van der Waals surface area (Å²) < 4.78 is 0. The number of Topliss-reactive ketones (excluding diaryl/α,β-unsaturated/α-hetero) is 1. The first kappa shape index (κ1) is 21.8. The topological polar surface area (TPSA) is 98.5 Å². The highest BCUT2D eigenvalue weighted by molar-refractivity contribution is 5.89. The van der Waals surface area contributed by atoms with Crippen LogP contribution in [0.2, 0.25) is 0 Å². The van der Waals surface area contributed by atoms with E-state index in [9.17, 15) is 14.4 Å². The van der Waals surface area contributed by atoms with Crippen LogP contribution in [0.3, 0.4) is 0 Å². The van der Waals surface area contributed by atoms with Gasteiger partial charge in [0.25, 0.3) is 0 Å². The summed E-state index contributed by atoms with van der Waals surface area (Å²) in [7, 11) is 1.57. The van der Waals surface area contributed by atoms with Gasteiger partial charge in [0, 0.05) is 25.3 Å². The summed E-state index contributed by atoms with van der Waals surface area (Å²) in [4.78, 5) is 40.7. The smallest absolute Gasteiger partial charge is 0.325 e. The average molecular weight is 362 g/mol. The fraction of sp³-hybridized carbons (Fsp3) is 0.550. The maximum Gasteiger partial charge on any atom is 0.325 e. The molecule has 6 heteroatoms. The van der Waals surface area contributed by atoms with Crippen molar-refractivity contribution < 1.29 is 19.2 Å². The molecule has 0 aliphatic rings. The SMILES string of the molecule is CNC(=O)C(CCc1ccccc1)CC(=O)C(CC(=O)ON)CC(C)C. The molecular formula is C20H30N2O4. The maximum atomic E-state index is 12.7. The van der Waals surface area contributed by atoms with E-state index in [1.165, 1.54) is 0 Å². The highest BCUT2D eigenvalue weighted by atomic mass is 16.7. The van der Waals surface area contributed by atoms with E-state index in [-0.39, 0.29) is 30.4 Å². The lowest BCUT2D eigenvalue weighted by molar-refractivity contribution is -0.147. The highest BCUT2D eigenvalue weighted by Crippen LogP contribution is 2.23. The molecule has 0 aliphatic carbocycles. The number of carbonyl (C=O) groups excluding carboxylic acids is 3. The first-order valence-electron chi connectivity index (χ1n) is 9.05. The van der Waals surface area contributed by atoms with Crippen molar-refractivity contribution in [2.75, 3.05) is 7.05 Å². The second-order valence-corrected chi connectivity index (χ2v) is 7.03. The molecule has 3 N–H and O–H groups in total. The lowest BCUT2D eigenvalue weighted by atomic mass is 9.84. The molecular weight excluding hydrogens is 332 g/mol. The summed E-state index contributed by atoms with van der Waals surface area (Å²) in [5.41, 5.74) is 1.12. The quantitative estimate of drug-likeness (QED) is 0.589. The van der Waals surface area contributed by atoms with Gasteiger partial charge in [0.05, 0.1) is 6.42 Å². The first-order chi connectivity index (χ1) is 12.4. The Morgan fingerprint density at radius 3 is 2.27 bits per heavy atom. The van der Waals surface area contributed by atoms with Crippen LogP contribution in [0.1, 0.15) is 45.1 Å². The molecule has 1 aromatic carbocycles. The Labute approximate surface area is 155 Å². The van der Waals surface area contributed by atoms with Gasteiger partial charge < -0.3 is 10.2 Å². The summed E-state index contributed by atoms with van der Waals surface area (Å²) in [6.45, 7) is 3.97. The Bertz CT molecular complexity index is 587. The molecule has 0 saturated carbocycles. The molecule has 0 spiro atoms. The van der Waals surface area contributed by atoms with E-state index in [0.717, 1.165) is 5.56 Å². The number of ketones is 1. The monoisotopic (exact) mass is 362 g/mol. The van der Waals surface area contributed by atoms with Gasteiger partial charge in [0.1, 0.15) is 5.78 Å². The van der Waals surface area contributed by atoms with Gasteiger partial charge in [-0.1, -0.05) is 44.2 Å². The third-order valence-electron chi connectivity index (χ3n) is 4.44. The molecule has 0 aliphatic heterocycles. The Morgan fingerprint density at radius 1 is 1.08 bits per heavy atom. The molecule has 0 fully saturated rings. The molecule has 0 radical (unpaired) electrons. The van der Waals surface area contributed by atoms with Crippen molar-refractivity contribution in [2.45, 2.75) is 46.0 Å². The summed E-state index contributed by atoms with van der Waals surface area (Å²) in [5.74, 6) is 3.41. The highest BCUT2D eigenvalue weighted by Gasteiger charge is 2.28. The molecule has 0 aromatic heterocycles. The molecule has 0 saturated heterocycles. The number of carbonyl (C=O) groups is 3. The van der Waals surface area contributed by atoms with E-state index in [2.05, 4.69) is 10.2 Å². The van der Waals surface area contributed by atoms with Crippen molar-refractivity contribution >= 4 is 17.7 Å². The van der Waals surface area contributed by atoms with Crippen LogP contribution < -0.4 is 11.2 Å². The van der Waals surface area contributed by atoms with Gasteiger partial charge in [0.15, 0.2) is 0 Å². The van der Waals surface area contributed by atoms with Gasteiger partial charge >= 0.3 is 5.97 Å². The molecule has 144 valence electrons. The minimum atomic E-state index is -0.607. The predicted octanol–water partition coefficient (Wildman–Crippen LogP) is 2.41. The van der Waals surface area contributed by atoms with E-state index in [4.69, 9.17) is 5.90 Å². The zero-order valence-corrected chi connectivity index (χ0v) is 15.9. The third kappa shape index (κ3) is 7.78. The van der Waals surface area contributed by atoms with Crippen LogP contribution in [0.4, 0.5) is 0 Å². The summed E-state index contributed by atoms with van der Waals surface area (Å²) in [6, 6.07) is 9.85. The maximum absolute atomic E-state index is 12.7. The largest absolute Gasteiger partial charge is 0.373 e. The van der Waals surface area contributed by atoms with Crippen LogP contribution in [0.25, 0.3) is 0 Å². The number of nitrogens with two attached hydrogens (primary N) is 1. The Kier molecular flexibility index (Phi) is 9.58. The molecule has 6 nitrogen and oxygen atoms in total. The standard InChI is InChI=1S/C20H30N2O4/c1-14(2)11-17(13-19(24)26-21)18(23)12-16(20(25)22-3)10-9-15-7-5-4-6-8-15/h4-8,14,16-17H,9-13,21H2,1-3H3,(H,22,25). The van der Waals surface area contributed by atoms with Crippen molar-refractivity contribution in [3.05, 3.63) is 35.9 Å². The van der Waals surface area contributed by atoms with Crippen molar-refractivity contribution in [3.63, 3.8) is 0 Å². The molecule has 0 heterocycles. The number of hydrogen-bond donors (Lipinski definition) is 2. The molecule has 1 rings (SSSR count). The zero-order chi connectivity index (χ0) is 19.5. The first-order valence-corrected chi connectivity index (χ1v) is 9.05. The van der Waals surface area contributed by atoms with Crippen LogP contribution in [0.5, 0.6) is 0 Å². The van der Waals surface area contributed by atoms with Gasteiger partial charge in [-0.15, -0.1) is 0 Å². The Hall–Kier alpha value is -2.21. The van der Waals surface area contributed by atoms with E-state index in [0.29, 0.717) is 19.3 Å². The Balaban J connectivity index is 2.77. The van der Waals surface area contributed by atoms with Crippen LogP contribution in [0.15, 0.2) is 30.3 Å². The molecule has 1 amide bonds. The minimum absolute atomic E-state index is 0.0489. The number of rotatable bonds is 11. The van der Waals surface area contributed by atoms with Crippen molar-refractivity contribution in [2.24, 2.45) is 23.7 Å². The van der Waals surface area contributed by atoms with Crippen LogP contribution in [-0.2, 0) is 25.6 Å². The lowest BCUT2D eigenvalue weighted by Gasteiger charge is -2.20. The lowest BCUT2D eigenvalue weighted by Crippen LogP contribution is -2.32. The number of hydrogen-bond acceptors (Lipinski definition) is 5. The van der Waals surface area contributed by atoms with Gasteiger partial charge in [-0.3, -0.25) is 14.4 Å². The number of aryl methyl sites for hydroxylation is 1. The summed E-state index contributed by atoms with van der Waals surface area (Å²) in [6.07, 6.45) is 1.92. The molecule has 2 atom stereocenters. The fourth-order valence-electron chi connectivity index (χ4n) is 3.07.